The minimum absolute atomic E-state index is 0.217. The molecule has 0 saturated heterocycles. The standard InChI is InChI=1S/C43H36N2/c1-29-14-13-22-39-38-21-9-12-25-42(38)45(43(29)39)33-27-31(35-18-6-5-17-34(35)30-15-3-2-4-16-30)26-32(28-33)44-40-23-10-7-19-36(40)37-20-8-11-24-41(37)44/h2-13,15-26,28-29,33,39,43H,14,27H2,1H3. The largest absolute Gasteiger partial charge is 0.360 e. The van der Waals surface area contributed by atoms with Gasteiger partial charge in [0.15, 0.2) is 0 Å². The predicted molar refractivity (Wildman–Crippen MR) is 190 cm³/mol. The van der Waals surface area contributed by atoms with Crippen LogP contribution in [-0.2, 0) is 0 Å². The Kier molecular flexibility index (Phi) is 6.16. The second-order valence-electron chi connectivity index (χ2n) is 12.9. The topological polar surface area (TPSA) is 8.17 Å². The third-order valence-corrected chi connectivity index (χ3v) is 10.4. The first-order valence-corrected chi connectivity index (χ1v) is 16.4. The number of aromatic nitrogens is 1. The third kappa shape index (κ3) is 4.16. The van der Waals surface area contributed by atoms with Gasteiger partial charge in [0.05, 0.1) is 17.1 Å². The Morgan fingerprint density at radius 3 is 2.07 bits per heavy atom. The lowest BCUT2D eigenvalue weighted by molar-refractivity contribution is 0.389. The molecule has 3 aliphatic rings. The molecular weight excluding hydrogens is 544 g/mol. The van der Waals surface area contributed by atoms with Crippen molar-refractivity contribution in [2.45, 2.75) is 37.8 Å². The number of benzene rings is 5. The van der Waals surface area contributed by atoms with Crippen molar-refractivity contribution in [3.05, 3.63) is 163 Å². The van der Waals surface area contributed by atoms with Crippen LogP contribution in [0.25, 0.3) is 44.2 Å². The molecule has 2 heteroatoms. The molecule has 6 aromatic rings. The van der Waals surface area contributed by atoms with Crippen molar-refractivity contribution < 1.29 is 0 Å². The Balaban J connectivity index is 1.28. The summed E-state index contributed by atoms with van der Waals surface area (Å²) in [5.74, 6) is 1.00. The van der Waals surface area contributed by atoms with Crippen LogP contribution < -0.4 is 4.90 Å². The van der Waals surface area contributed by atoms with E-state index in [0.717, 1.165) is 12.8 Å². The monoisotopic (exact) mass is 580 g/mol. The lowest BCUT2D eigenvalue weighted by Gasteiger charge is -2.42. The normalized spacial score (nSPS) is 22.3. The van der Waals surface area contributed by atoms with E-state index in [9.17, 15) is 0 Å². The highest BCUT2D eigenvalue weighted by atomic mass is 15.2. The highest BCUT2D eigenvalue weighted by Crippen LogP contribution is 2.50. The lowest BCUT2D eigenvalue weighted by atomic mass is 9.80. The summed E-state index contributed by atoms with van der Waals surface area (Å²) >= 11 is 0. The molecule has 0 N–H and O–H groups in total. The van der Waals surface area contributed by atoms with Crippen LogP contribution in [-0.4, -0.2) is 16.7 Å². The van der Waals surface area contributed by atoms with E-state index in [1.165, 1.54) is 61.0 Å². The summed E-state index contributed by atoms with van der Waals surface area (Å²) in [7, 11) is 0. The highest BCUT2D eigenvalue weighted by Gasteiger charge is 2.44. The molecule has 0 fully saturated rings. The van der Waals surface area contributed by atoms with Crippen LogP contribution >= 0.6 is 0 Å². The molecule has 2 aliphatic carbocycles. The van der Waals surface area contributed by atoms with Crippen LogP contribution in [0.15, 0.2) is 152 Å². The van der Waals surface area contributed by atoms with Gasteiger partial charge < -0.3 is 9.47 Å². The third-order valence-electron chi connectivity index (χ3n) is 10.4. The van der Waals surface area contributed by atoms with E-state index in [1.807, 2.05) is 0 Å². The van der Waals surface area contributed by atoms with Crippen molar-refractivity contribution in [1.82, 2.24) is 4.57 Å². The van der Waals surface area contributed by atoms with Crippen LogP contribution in [0.3, 0.4) is 0 Å². The van der Waals surface area contributed by atoms with Crippen LogP contribution in [0.5, 0.6) is 0 Å². The van der Waals surface area contributed by atoms with E-state index in [2.05, 4.69) is 168 Å². The maximum Gasteiger partial charge on any atom is 0.0540 e. The summed E-state index contributed by atoms with van der Waals surface area (Å²) in [4.78, 5) is 2.79. The summed E-state index contributed by atoms with van der Waals surface area (Å²) < 4.78 is 2.51. The van der Waals surface area contributed by atoms with Gasteiger partial charge in [-0.2, -0.15) is 0 Å². The van der Waals surface area contributed by atoms with Crippen LogP contribution in [0.1, 0.15) is 36.8 Å². The van der Waals surface area contributed by atoms with E-state index in [1.54, 1.807) is 0 Å². The van der Waals surface area contributed by atoms with Gasteiger partial charge in [-0.1, -0.05) is 128 Å². The number of hydrogen-bond acceptors (Lipinski definition) is 1. The van der Waals surface area contributed by atoms with E-state index in [4.69, 9.17) is 0 Å². The maximum absolute atomic E-state index is 2.79. The van der Waals surface area contributed by atoms with E-state index < -0.39 is 0 Å². The average molecular weight is 581 g/mol. The Morgan fingerprint density at radius 2 is 1.29 bits per heavy atom. The van der Waals surface area contributed by atoms with Gasteiger partial charge in [-0.15, -0.1) is 0 Å². The molecule has 1 aromatic heterocycles. The van der Waals surface area contributed by atoms with Gasteiger partial charge in [0, 0.05) is 34.1 Å². The molecule has 0 bridgehead atoms. The number of allylic oxidation sites excluding steroid dienone is 3. The van der Waals surface area contributed by atoms with Crippen LogP contribution in [0, 0.1) is 5.92 Å². The first-order chi connectivity index (χ1) is 22.3. The lowest BCUT2D eigenvalue weighted by Crippen LogP contribution is -2.46. The van der Waals surface area contributed by atoms with Gasteiger partial charge in [-0.3, -0.25) is 0 Å². The molecule has 0 spiro atoms. The summed E-state index contributed by atoms with van der Waals surface area (Å²) in [6.45, 7) is 2.45. The number of para-hydroxylation sites is 3. The first kappa shape index (κ1) is 26.3. The Bertz CT molecular complexity index is 2110. The summed E-state index contributed by atoms with van der Waals surface area (Å²) in [5, 5.41) is 2.60. The number of hydrogen-bond donors (Lipinski definition) is 0. The van der Waals surface area contributed by atoms with Gasteiger partial charge in [0.25, 0.3) is 0 Å². The first-order valence-electron chi connectivity index (χ1n) is 16.4. The zero-order valence-electron chi connectivity index (χ0n) is 25.6. The Morgan fingerprint density at radius 1 is 0.644 bits per heavy atom. The Hall–Kier alpha value is -5.08. The second kappa shape index (κ2) is 10.5. The zero-order chi connectivity index (χ0) is 29.9. The van der Waals surface area contributed by atoms with Crippen molar-refractivity contribution >= 4 is 38.8 Å². The predicted octanol–water partition coefficient (Wildman–Crippen LogP) is 10.7. The van der Waals surface area contributed by atoms with E-state index in [0.29, 0.717) is 17.9 Å². The quantitative estimate of drug-likeness (QED) is 0.188. The molecule has 4 atom stereocenters. The van der Waals surface area contributed by atoms with E-state index >= 15 is 0 Å². The molecule has 4 unspecified atom stereocenters. The molecule has 0 amide bonds. The minimum Gasteiger partial charge on any atom is -0.360 e. The number of anilines is 1. The second-order valence-corrected chi connectivity index (χ2v) is 12.9. The molecule has 45 heavy (non-hydrogen) atoms. The Labute approximate surface area is 265 Å². The average Bonchev–Trinajstić information content (AvgIpc) is 3.63. The number of nitrogens with zero attached hydrogens (tertiary/aromatic N) is 2. The minimum atomic E-state index is 0.217. The summed E-state index contributed by atoms with van der Waals surface area (Å²) in [5.41, 5.74) is 11.9. The molecule has 2 heterocycles. The smallest absolute Gasteiger partial charge is 0.0540 e. The van der Waals surface area contributed by atoms with Crippen molar-refractivity contribution in [3.63, 3.8) is 0 Å². The van der Waals surface area contributed by atoms with Gasteiger partial charge in [0.2, 0.25) is 0 Å². The SMILES string of the molecule is CC1CC=CC2c3ccccc3N(C3C=C(n4c5ccccc5c5ccccc54)C=C(c4ccccc4-c4ccccc4)C3)C12. The number of fused-ring (bicyclic) bond motifs is 6. The highest BCUT2D eigenvalue weighted by molar-refractivity contribution is 6.11. The molecule has 0 saturated carbocycles. The maximum atomic E-state index is 2.79. The van der Waals surface area contributed by atoms with Crippen molar-refractivity contribution in [1.29, 1.82) is 0 Å². The molecule has 2 nitrogen and oxygen atoms in total. The van der Waals surface area contributed by atoms with Gasteiger partial charge >= 0.3 is 0 Å². The molecule has 9 rings (SSSR count). The fourth-order valence-electron chi connectivity index (χ4n) is 8.45. The molecular formula is C43H36N2. The fraction of sp³-hybridized carbons (Fsp3) is 0.163. The molecule has 1 aliphatic heterocycles. The van der Waals surface area contributed by atoms with Crippen LogP contribution in [0.4, 0.5) is 5.69 Å². The van der Waals surface area contributed by atoms with Gasteiger partial charge in [-0.25, -0.2) is 0 Å². The van der Waals surface area contributed by atoms with Crippen molar-refractivity contribution in [2.24, 2.45) is 5.92 Å². The van der Waals surface area contributed by atoms with Gasteiger partial charge in [-0.05, 0) is 76.9 Å². The van der Waals surface area contributed by atoms with E-state index in [-0.39, 0.29) is 6.04 Å². The van der Waals surface area contributed by atoms with Gasteiger partial charge in [0.1, 0.15) is 0 Å². The molecule has 218 valence electrons. The van der Waals surface area contributed by atoms with Crippen molar-refractivity contribution in [2.75, 3.05) is 4.90 Å². The summed E-state index contributed by atoms with van der Waals surface area (Å²) in [6, 6.07) is 47.4. The van der Waals surface area contributed by atoms with Crippen LogP contribution in [0.2, 0.25) is 0 Å². The number of rotatable bonds is 4. The molecule has 5 aromatic carbocycles. The zero-order valence-corrected chi connectivity index (χ0v) is 25.6. The molecule has 0 radical (unpaired) electrons. The fourth-order valence-corrected chi connectivity index (χ4v) is 8.45. The summed E-state index contributed by atoms with van der Waals surface area (Å²) in [6.07, 6.45) is 12.0. The van der Waals surface area contributed by atoms with Crippen molar-refractivity contribution in [3.8, 4) is 11.1 Å².